The van der Waals surface area contributed by atoms with Gasteiger partial charge in [0.05, 0.1) is 6.04 Å². The number of hydrogen-bond donors (Lipinski definition) is 1. The molecule has 0 spiro atoms. The van der Waals surface area contributed by atoms with Crippen molar-refractivity contribution < 1.29 is 4.79 Å². The van der Waals surface area contributed by atoms with Gasteiger partial charge in [0.2, 0.25) is 0 Å². The van der Waals surface area contributed by atoms with Crippen LogP contribution in [0, 0.1) is 6.92 Å². The van der Waals surface area contributed by atoms with Crippen LogP contribution in [0.3, 0.4) is 0 Å². The summed E-state index contributed by atoms with van der Waals surface area (Å²) in [6, 6.07) is 6.52. The number of amides is 1. The molecule has 1 N–H and O–H groups in total. The summed E-state index contributed by atoms with van der Waals surface area (Å²) in [5.41, 5.74) is 0.889. The number of pyridine rings is 1. The Morgan fingerprint density at radius 2 is 2.29 bits per heavy atom. The molecule has 0 radical (unpaired) electrons. The van der Waals surface area contributed by atoms with Gasteiger partial charge in [0.15, 0.2) is 0 Å². The van der Waals surface area contributed by atoms with Gasteiger partial charge in [0.25, 0.3) is 11.5 Å². The summed E-state index contributed by atoms with van der Waals surface area (Å²) in [6.07, 6.45) is 3.29. The van der Waals surface area contributed by atoms with Gasteiger partial charge in [-0.3, -0.25) is 14.6 Å². The third-order valence-corrected chi connectivity index (χ3v) is 3.60. The Morgan fingerprint density at radius 3 is 3.00 bits per heavy atom. The number of nitrogens with zero attached hydrogens (tertiary/aromatic N) is 3. The van der Waals surface area contributed by atoms with E-state index in [1.807, 2.05) is 0 Å². The second-order valence-electron chi connectivity index (χ2n) is 5.14. The number of H-pyrrole nitrogens is 1. The summed E-state index contributed by atoms with van der Waals surface area (Å²) in [5.74, 6) is 0.434. The Labute approximate surface area is 121 Å². The van der Waals surface area contributed by atoms with Crippen LogP contribution in [0.5, 0.6) is 0 Å². The molecule has 3 heterocycles. The van der Waals surface area contributed by atoms with Crippen molar-refractivity contribution in [2.75, 3.05) is 6.54 Å². The maximum absolute atomic E-state index is 12.5. The first kappa shape index (κ1) is 13.5. The van der Waals surface area contributed by atoms with E-state index in [2.05, 4.69) is 15.0 Å². The maximum Gasteiger partial charge on any atom is 0.273 e. The van der Waals surface area contributed by atoms with E-state index in [0.717, 1.165) is 12.8 Å². The highest BCUT2D eigenvalue weighted by atomic mass is 16.2. The van der Waals surface area contributed by atoms with E-state index in [0.29, 0.717) is 23.8 Å². The number of rotatable bonds is 2. The number of aromatic nitrogens is 3. The highest BCUT2D eigenvalue weighted by Gasteiger charge is 2.32. The van der Waals surface area contributed by atoms with E-state index >= 15 is 0 Å². The van der Waals surface area contributed by atoms with Crippen LogP contribution in [0.15, 0.2) is 35.3 Å². The van der Waals surface area contributed by atoms with E-state index in [9.17, 15) is 9.59 Å². The molecule has 1 fully saturated rings. The molecule has 0 saturated carbocycles. The van der Waals surface area contributed by atoms with E-state index in [-0.39, 0.29) is 17.5 Å². The summed E-state index contributed by atoms with van der Waals surface area (Å²) < 4.78 is 0. The highest BCUT2D eigenvalue weighted by molar-refractivity contribution is 5.92. The van der Waals surface area contributed by atoms with E-state index in [4.69, 9.17) is 0 Å². The van der Waals surface area contributed by atoms with Crippen LogP contribution in [0.4, 0.5) is 0 Å². The third kappa shape index (κ3) is 2.69. The second-order valence-corrected chi connectivity index (χ2v) is 5.14. The van der Waals surface area contributed by atoms with Crippen molar-refractivity contribution in [3.05, 3.63) is 58.0 Å². The van der Waals surface area contributed by atoms with Crippen LogP contribution in [-0.2, 0) is 0 Å². The average Bonchev–Trinajstić information content (AvgIpc) is 2.96. The molecule has 21 heavy (non-hydrogen) atoms. The van der Waals surface area contributed by atoms with Crippen LogP contribution >= 0.6 is 0 Å². The maximum atomic E-state index is 12.5. The molecule has 1 aliphatic heterocycles. The monoisotopic (exact) mass is 284 g/mol. The van der Waals surface area contributed by atoms with Gasteiger partial charge in [0, 0.05) is 24.5 Å². The lowest BCUT2D eigenvalue weighted by atomic mass is 10.2. The molecule has 0 aliphatic carbocycles. The largest absolute Gasteiger partial charge is 0.327 e. The predicted octanol–water partition coefficient (Wildman–Crippen LogP) is 1.45. The lowest BCUT2D eigenvalue weighted by Crippen LogP contribution is -2.33. The number of likely N-dealkylation sites (tertiary alicyclic amines) is 1. The quantitative estimate of drug-likeness (QED) is 0.905. The van der Waals surface area contributed by atoms with Gasteiger partial charge >= 0.3 is 0 Å². The molecular weight excluding hydrogens is 268 g/mol. The summed E-state index contributed by atoms with van der Waals surface area (Å²) in [6.45, 7) is 2.43. The van der Waals surface area contributed by atoms with Crippen LogP contribution in [0.1, 0.15) is 40.9 Å². The molecule has 2 aromatic heterocycles. The van der Waals surface area contributed by atoms with Crippen molar-refractivity contribution in [2.24, 2.45) is 0 Å². The van der Waals surface area contributed by atoms with Crippen LogP contribution < -0.4 is 5.56 Å². The molecule has 6 heteroatoms. The van der Waals surface area contributed by atoms with Gasteiger partial charge in [-0.1, -0.05) is 6.07 Å². The summed E-state index contributed by atoms with van der Waals surface area (Å²) in [4.78, 5) is 37.1. The van der Waals surface area contributed by atoms with Crippen LogP contribution in [0.25, 0.3) is 0 Å². The van der Waals surface area contributed by atoms with Gasteiger partial charge in [-0.15, -0.1) is 0 Å². The number of nitrogens with one attached hydrogen (secondary N) is 1. The fourth-order valence-electron chi connectivity index (χ4n) is 2.69. The Balaban J connectivity index is 1.92. The van der Waals surface area contributed by atoms with Crippen molar-refractivity contribution in [3.63, 3.8) is 0 Å². The van der Waals surface area contributed by atoms with Crippen molar-refractivity contribution >= 4 is 5.91 Å². The average molecular weight is 284 g/mol. The van der Waals surface area contributed by atoms with E-state index < -0.39 is 0 Å². The van der Waals surface area contributed by atoms with Crippen molar-refractivity contribution in [1.29, 1.82) is 0 Å². The molecule has 1 amide bonds. The predicted molar refractivity (Wildman–Crippen MR) is 76.8 cm³/mol. The summed E-state index contributed by atoms with van der Waals surface area (Å²) >= 11 is 0. The molecule has 108 valence electrons. The number of aromatic amines is 1. The van der Waals surface area contributed by atoms with Crippen molar-refractivity contribution in [1.82, 2.24) is 19.9 Å². The smallest absolute Gasteiger partial charge is 0.273 e. The lowest BCUT2D eigenvalue weighted by Gasteiger charge is -2.23. The normalized spacial score (nSPS) is 18.0. The number of hydrogen-bond acceptors (Lipinski definition) is 4. The summed E-state index contributed by atoms with van der Waals surface area (Å²) in [7, 11) is 0. The Kier molecular flexibility index (Phi) is 3.51. The van der Waals surface area contributed by atoms with E-state index in [1.54, 1.807) is 36.2 Å². The molecule has 1 atom stereocenters. The Morgan fingerprint density at radius 1 is 1.43 bits per heavy atom. The number of aryl methyl sites for hydroxylation is 1. The standard InChI is InChI=1S/C15H16N4O2/c1-10-9-13(20)18-14(17-10)12-6-4-8-19(12)15(21)11-5-2-3-7-16-11/h2-3,5,7,9,12H,4,6,8H2,1H3,(H,17,18,20)/t12-/m1/s1. The van der Waals surface area contributed by atoms with Crippen molar-refractivity contribution in [3.8, 4) is 0 Å². The second kappa shape index (κ2) is 5.47. The minimum atomic E-state index is -0.188. The minimum absolute atomic E-state index is 0.123. The molecule has 3 rings (SSSR count). The van der Waals surface area contributed by atoms with Gasteiger partial charge in [0.1, 0.15) is 11.5 Å². The first-order valence-electron chi connectivity index (χ1n) is 6.95. The zero-order chi connectivity index (χ0) is 14.8. The zero-order valence-corrected chi connectivity index (χ0v) is 11.7. The van der Waals surface area contributed by atoms with Crippen LogP contribution in [-0.4, -0.2) is 32.3 Å². The number of carbonyl (C=O) groups is 1. The van der Waals surface area contributed by atoms with Gasteiger partial charge in [-0.2, -0.15) is 0 Å². The lowest BCUT2D eigenvalue weighted by molar-refractivity contribution is 0.0723. The molecular formula is C15H16N4O2. The van der Waals surface area contributed by atoms with Gasteiger partial charge < -0.3 is 9.88 Å². The van der Waals surface area contributed by atoms with Gasteiger partial charge in [-0.05, 0) is 31.9 Å². The van der Waals surface area contributed by atoms with Gasteiger partial charge in [-0.25, -0.2) is 4.98 Å². The first-order valence-corrected chi connectivity index (χ1v) is 6.95. The minimum Gasteiger partial charge on any atom is -0.327 e. The Hall–Kier alpha value is -2.50. The third-order valence-electron chi connectivity index (χ3n) is 3.60. The molecule has 0 unspecified atom stereocenters. The molecule has 2 aromatic rings. The van der Waals surface area contributed by atoms with Crippen molar-refractivity contribution in [2.45, 2.75) is 25.8 Å². The SMILES string of the molecule is Cc1cc(=O)[nH]c([C@H]2CCCN2C(=O)c2ccccn2)n1. The highest BCUT2D eigenvalue weighted by Crippen LogP contribution is 2.30. The molecule has 0 aromatic carbocycles. The molecule has 1 saturated heterocycles. The number of carbonyl (C=O) groups excluding carboxylic acids is 1. The topological polar surface area (TPSA) is 79.0 Å². The molecule has 6 nitrogen and oxygen atoms in total. The molecule has 1 aliphatic rings. The summed E-state index contributed by atoms with van der Waals surface area (Å²) in [5, 5.41) is 0. The Bertz CT molecular complexity index is 711. The van der Waals surface area contributed by atoms with E-state index in [1.165, 1.54) is 6.07 Å². The first-order chi connectivity index (χ1) is 10.1. The fraction of sp³-hybridized carbons (Fsp3) is 0.333. The van der Waals surface area contributed by atoms with Crippen LogP contribution in [0.2, 0.25) is 0 Å². The zero-order valence-electron chi connectivity index (χ0n) is 11.7. The fourth-order valence-corrected chi connectivity index (χ4v) is 2.69. The molecule has 0 bridgehead atoms.